The number of aromatic nitrogens is 3. The molecule has 2 aromatic heterocycles. The molecule has 0 fully saturated rings. The Morgan fingerprint density at radius 1 is 1.33 bits per heavy atom. The van der Waals surface area contributed by atoms with Crippen molar-refractivity contribution in [3.8, 4) is 5.75 Å². The third-order valence-corrected chi connectivity index (χ3v) is 5.89. The average Bonchev–Trinajstić information content (AvgIpc) is 3.12. The Bertz CT molecular complexity index is 846. The van der Waals surface area contributed by atoms with Crippen LogP contribution in [0, 0.1) is 6.92 Å². The second-order valence-electron chi connectivity index (χ2n) is 4.82. The van der Waals surface area contributed by atoms with Crippen LogP contribution in [0.25, 0.3) is 10.2 Å². The number of carbonyl (C=O) groups is 1. The van der Waals surface area contributed by atoms with Crippen molar-refractivity contribution >= 4 is 55.7 Å². The van der Waals surface area contributed by atoms with Gasteiger partial charge in [0.25, 0.3) is 0 Å². The molecule has 0 saturated heterocycles. The van der Waals surface area contributed by atoms with Crippen molar-refractivity contribution in [1.29, 1.82) is 0 Å². The highest BCUT2D eigenvalue weighted by Crippen LogP contribution is 2.29. The predicted octanol–water partition coefficient (Wildman–Crippen LogP) is 3.98. The molecule has 3 aromatic rings. The number of hydrogen-bond donors (Lipinski definition) is 1. The first kappa shape index (κ1) is 17.1. The number of ether oxygens (including phenoxy) is 1. The molecule has 1 N–H and O–H groups in total. The Morgan fingerprint density at radius 2 is 2.21 bits per heavy atom. The molecule has 2 heterocycles. The fourth-order valence-electron chi connectivity index (χ4n) is 1.96. The van der Waals surface area contributed by atoms with Crippen molar-refractivity contribution in [2.45, 2.75) is 24.6 Å². The third-order valence-electron chi connectivity index (χ3n) is 2.98. The SMILES string of the molecule is CCOc1ccc2nc(NC(=O)CCSc3nnc(C)s3)sc2c1. The lowest BCUT2D eigenvalue weighted by atomic mass is 10.3. The lowest BCUT2D eigenvalue weighted by Crippen LogP contribution is -2.11. The van der Waals surface area contributed by atoms with Crippen molar-refractivity contribution in [2.24, 2.45) is 0 Å². The second kappa shape index (κ2) is 7.91. The molecular formula is C15H16N4O2S3. The Morgan fingerprint density at radius 3 is 2.96 bits per heavy atom. The van der Waals surface area contributed by atoms with Gasteiger partial charge in [0, 0.05) is 12.2 Å². The summed E-state index contributed by atoms with van der Waals surface area (Å²) in [5, 5.41) is 12.4. The number of carbonyl (C=O) groups excluding carboxylic acids is 1. The largest absolute Gasteiger partial charge is 0.494 e. The Labute approximate surface area is 151 Å². The number of fused-ring (bicyclic) bond motifs is 1. The molecule has 0 saturated carbocycles. The Hall–Kier alpha value is -1.71. The van der Waals surface area contributed by atoms with Crippen LogP contribution < -0.4 is 10.1 Å². The molecule has 0 aliphatic rings. The maximum absolute atomic E-state index is 12.0. The molecule has 0 aliphatic heterocycles. The Kier molecular flexibility index (Phi) is 5.64. The van der Waals surface area contributed by atoms with Crippen LogP contribution in [0.3, 0.4) is 0 Å². The molecular weight excluding hydrogens is 364 g/mol. The molecule has 0 bridgehead atoms. The van der Waals surface area contributed by atoms with Crippen molar-refractivity contribution in [1.82, 2.24) is 15.2 Å². The number of nitrogens with zero attached hydrogens (tertiary/aromatic N) is 3. The molecule has 24 heavy (non-hydrogen) atoms. The molecule has 0 spiro atoms. The molecule has 0 unspecified atom stereocenters. The van der Waals surface area contributed by atoms with Gasteiger partial charge >= 0.3 is 0 Å². The number of nitrogens with one attached hydrogen (secondary N) is 1. The molecule has 1 aromatic carbocycles. The van der Waals surface area contributed by atoms with Gasteiger partial charge in [-0.2, -0.15) is 0 Å². The van der Waals surface area contributed by atoms with Crippen molar-refractivity contribution < 1.29 is 9.53 Å². The predicted molar refractivity (Wildman–Crippen MR) is 99.4 cm³/mol. The van der Waals surface area contributed by atoms with Crippen LogP contribution in [0.4, 0.5) is 5.13 Å². The molecule has 9 heteroatoms. The fraction of sp³-hybridized carbons (Fsp3) is 0.333. The first-order valence-corrected chi connectivity index (χ1v) is 10.0. The quantitative estimate of drug-likeness (QED) is 0.625. The topological polar surface area (TPSA) is 77.0 Å². The van der Waals surface area contributed by atoms with E-state index in [1.807, 2.05) is 32.0 Å². The lowest BCUT2D eigenvalue weighted by Gasteiger charge is -2.00. The summed E-state index contributed by atoms with van der Waals surface area (Å²) in [5.41, 5.74) is 0.859. The minimum Gasteiger partial charge on any atom is -0.494 e. The van der Waals surface area contributed by atoms with Crippen molar-refractivity contribution in [3.63, 3.8) is 0 Å². The smallest absolute Gasteiger partial charge is 0.226 e. The van der Waals surface area contributed by atoms with E-state index in [0.717, 1.165) is 25.3 Å². The first-order valence-electron chi connectivity index (χ1n) is 7.40. The number of anilines is 1. The zero-order valence-electron chi connectivity index (χ0n) is 13.2. The summed E-state index contributed by atoms with van der Waals surface area (Å²) in [6.45, 7) is 4.49. The van der Waals surface area contributed by atoms with E-state index in [0.29, 0.717) is 23.9 Å². The van der Waals surface area contributed by atoms with E-state index in [2.05, 4.69) is 20.5 Å². The standard InChI is InChI=1S/C15H16N4O2S3/c1-3-21-10-4-5-11-12(8-10)24-14(16-11)17-13(20)6-7-22-15-19-18-9(2)23-15/h4-5,8H,3,6-7H2,1-2H3,(H,16,17,20). The lowest BCUT2D eigenvalue weighted by molar-refractivity contribution is -0.115. The minimum absolute atomic E-state index is 0.0483. The van der Waals surface area contributed by atoms with E-state index in [1.165, 1.54) is 22.7 Å². The molecule has 1 amide bonds. The molecule has 6 nitrogen and oxygen atoms in total. The zero-order chi connectivity index (χ0) is 16.9. The molecule has 126 valence electrons. The van der Waals surface area contributed by atoms with Crippen LogP contribution >= 0.6 is 34.4 Å². The van der Waals surface area contributed by atoms with Crippen molar-refractivity contribution in [2.75, 3.05) is 17.7 Å². The summed E-state index contributed by atoms with van der Waals surface area (Å²) in [7, 11) is 0. The number of thiazole rings is 1. The fourth-order valence-corrected chi connectivity index (χ4v) is 4.70. The van der Waals surface area contributed by atoms with Crippen LogP contribution in [0.5, 0.6) is 5.75 Å². The summed E-state index contributed by atoms with van der Waals surface area (Å²) in [4.78, 5) is 16.5. The average molecular weight is 381 g/mol. The summed E-state index contributed by atoms with van der Waals surface area (Å²) >= 11 is 4.53. The third kappa shape index (κ3) is 4.43. The van der Waals surface area contributed by atoms with Gasteiger partial charge in [-0.15, -0.1) is 10.2 Å². The summed E-state index contributed by atoms with van der Waals surface area (Å²) in [6.07, 6.45) is 0.406. The maximum Gasteiger partial charge on any atom is 0.226 e. The number of thioether (sulfide) groups is 1. The number of rotatable bonds is 7. The van der Waals surface area contributed by atoms with Gasteiger partial charge in [-0.1, -0.05) is 34.4 Å². The van der Waals surface area contributed by atoms with Gasteiger partial charge in [0.15, 0.2) is 9.47 Å². The summed E-state index contributed by atoms with van der Waals surface area (Å²) in [6, 6.07) is 5.73. The van der Waals surface area contributed by atoms with E-state index < -0.39 is 0 Å². The van der Waals surface area contributed by atoms with Crippen LogP contribution in [-0.2, 0) is 4.79 Å². The van der Waals surface area contributed by atoms with Crippen LogP contribution in [0.15, 0.2) is 22.5 Å². The highest BCUT2D eigenvalue weighted by atomic mass is 32.2. The maximum atomic E-state index is 12.0. The molecule has 0 radical (unpaired) electrons. The molecule has 0 aliphatic carbocycles. The van der Waals surface area contributed by atoms with E-state index >= 15 is 0 Å². The number of benzene rings is 1. The normalized spacial score (nSPS) is 10.9. The van der Waals surface area contributed by atoms with E-state index in [9.17, 15) is 4.79 Å². The van der Waals surface area contributed by atoms with E-state index in [1.54, 1.807) is 11.8 Å². The second-order valence-corrected chi connectivity index (χ2v) is 8.37. The van der Waals surface area contributed by atoms with Crippen LogP contribution in [-0.4, -0.2) is 33.4 Å². The van der Waals surface area contributed by atoms with Crippen LogP contribution in [0.1, 0.15) is 18.4 Å². The van der Waals surface area contributed by atoms with E-state index in [-0.39, 0.29) is 5.91 Å². The van der Waals surface area contributed by atoms with Crippen molar-refractivity contribution in [3.05, 3.63) is 23.2 Å². The van der Waals surface area contributed by atoms with Gasteiger partial charge in [0.2, 0.25) is 5.91 Å². The van der Waals surface area contributed by atoms with Crippen LogP contribution in [0.2, 0.25) is 0 Å². The molecule has 3 rings (SSSR count). The van der Waals surface area contributed by atoms with Gasteiger partial charge in [-0.25, -0.2) is 4.98 Å². The Balaban J connectivity index is 1.54. The van der Waals surface area contributed by atoms with E-state index in [4.69, 9.17) is 4.74 Å². The summed E-state index contributed by atoms with van der Waals surface area (Å²) in [5.74, 6) is 1.43. The number of amides is 1. The zero-order valence-corrected chi connectivity index (χ0v) is 15.7. The van der Waals surface area contributed by atoms with Gasteiger partial charge in [-0.3, -0.25) is 4.79 Å². The van der Waals surface area contributed by atoms with Gasteiger partial charge in [0.05, 0.1) is 16.8 Å². The summed E-state index contributed by atoms with van der Waals surface area (Å²) < 4.78 is 7.37. The monoisotopic (exact) mass is 380 g/mol. The highest BCUT2D eigenvalue weighted by Gasteiger charge is 2.10. The van der Waals surface area contributed by atoms with Gasteiger partial charge in [0.1, 0.15) is 10.8 Å². The minimum atomic E-state index is -0.0483. The first-order chi connectivity index (χ1) is 11.6. The van der Waals surface area contributed by atoms with Gasteiger partial charge < -0.3 is 10.1 Å². The highest BCUT2D eigenvalue weighted by molar-refractivity contribution is 8.01. The number of hydrogen-bond acceptors (Lipinski definition) is 8. The molecule has 0 atom stereocenters. The van der Waals surface area contributed by atoms with Gasteiger partial charge in [-0.05, 0) is 32.0 Å². The number of aryl methyl sites for hydroxylation is 1.